The minimum atomic E-state index is -0.245. The summed E-state index contributed by atoms with van der Waals surface area (Å²) in [5.41, 5.74) is 1.10. The van der Waals surface area contributed by atoms with Crippen molar-refractivity contribution in [3.8, 4) is 0 Å². The average molecular weight is 233 g/mol. The molecule has 2 nitrogen and oxygen atoms in total. The van der Waals surface area contributed by atoms with Crippen molar-refractivity contribution in [2.45, 2.75) is 27.2 Å². The second-order valence-corrected chi connectivity index (χ2v) is 5.41. The third kappa shape index (κ3) is 4.70. The molecule has 2 heteroatoms. The topological polar surface area (TPSA) is 20.3 Å². The van der Waals surface area contributed by atoms with E-state index in [0.717, 1.165) is 19.5 Å². The molecular weight excluding hydrogens is 210 g/mol. The quantitative estimate of drug-likeness (QED) is 0.753. The molecule has 0 amide bonds. The van der Waals surface area contributed by atoms with Crippen molar-refractivity contribution in [2.75, 3.05) is 20.1 Å². The minimum absolute atomic E-state index is 0.245. The fourth-order valence-electron chi connectivity index (χ4n) is 1.83. The van der Waals surface area contributed by atoms with Crippen molar-refractivity contribution >= 4 is 5.78 Å². The summed E-state index contributed by atoms with van der Waals surface area (Å²) in [6.07, 6.45) is 1.03. The first-order chi connectivity index (χ1) is 7.92. The van der Waals surface area contributed by atoms with E-state index < -0.39 is 0 Å². The van der Waals surface area contributed by atoms with Crippen LogP contribution in [0.15, 0.2) is 30.3 Å². The van der Waals surface area contributed by atoms with Gasteiger partial charge in [0, 0.05) is 18.5 Å². The lowest BCUT2D eigenvalue weighted by Gasteiger charge is -2.27. The van der Waals surface area contributed by atoms with Crippen molar-refractivity contribution in [1.82, 2.24) is 4.90 Å². The predicted molar refractivity (Wildman–Crippen MR) is 72.1 cm³/mol. The summed E-state index contributed by atoms with van der Waals surface area (Å²) >= 11 is 0. The Bertz CT molecular complexity index is 356. The number of hydrogen-bond acceptors (Lipinski definition) is 2. The smallest absolute Gasteiger partial charge is 0.136 e. The highest BCUT2D eigenvalue weighted by atomic mass is 16.1. The minimum Gasteiger partial charge on any atom is -0.305 e. The van der Waals surface area contributed by atoms with Gasteiger partial charge in [0.05, 0.1) is 0 Å². The van der Waals surface area contributed by atoms with Gasteiger partial charge in [0.15, 0.2) is 0 Å². The molecule has 0 saturated carbocycles. The number of Topliss-reactive ketones (excluding diaryl/α,β-unsaturated/α-hetero) is 1. The predicted octanol–water partition coefficient (Wildman–Crippen LogP) is 2.78. The van der Waals surface area contributed by atoms with Crippen LogP contribution in [0.25, 0.3) is 0 Å². The molecule has 0 saturated heterocycles. The Morgan fingerprint density at radius 1 is 1.24 bits per heavy atom. The van der Waals surface area contributed by atoms with Gasteiger partial charge in [0.2, 0.25) is 0 Å². The van der Waals surface area contributed by atoms with E-state index in [2.05, 4.69) is 36.2 Å². The zero-order valence-corrected chi connectivity index (χ0v) is 11.4. The van der Waals surface area contributed by atoms with Crippen molar-refractivity contribution < 1.29 is 4.79 Å². The highest BCUT2D eigenvalue weighted by Crippen LogP contribution is 2.17. The first-order valence-electron chi connectivity index (χ1n) is 6.15. The van der Waals surface area contributed by atoms with Crippen molar-refractivity contribution in [2.24, 2.45) is 5.41 Å². The largest absolute Gasteiger partial charge is 0.305 e. The van der Waals surface area contributed by atoms with Gasteiger partial charge in [-0.25, -0.2) is 0 Å². The molecule has 0 aliphatic heterocycles. The second-order valence-electron chi connectivity index (χ2n) is 5.41. The van der Waals surface area contributed by atoms with E-state index in [1.807, 2.05) is 19.9 Å². The molecule has 0 bridgehead atoms. The van der Waals surface area contributed by atoms with Crippen LogP contribution in [0.5, 0.6) is 0 Å². The van der Waals surface area contributed by atoms with Gasteiger partial charge < -0.3 is 4.90 Å². The van der Waals surface area contributed by atoms with E-state index in [4.69, 9.17) is 0 Å². The van der Waals surface area contributed by atoms with Crippen LogP contribution in [-0.2, 0) is 11.2 Å². The maximum absolute atomic E-state index is 11.4. The van der Waals surface area contributed by atoms with E-state index in [-0.39, 0.29) is 11.2 Å². The Morgan fingerprint density at radius 2 is 1.82 bits per heavy atom. The molecule has 0 fully saturated rings. The highest BCUT2D eigenvalue weighted by molar-refractivity contribution is 5.81. The summed E-state index contributed by atoms with van der Waals surface area (Å²) in [5.74, 6) is 0.254. The maximum Gasteiger partial charge on any atom is 0.136 e. The number of ketones is 1. The molecule has 0 spiro atoms. The molecular formula is C15H23NO. The van der Waals surface area contributed by atoms with E-state index in [0.29, 0.717) is 0 Å². The molecule has 1 aromatic carbocycles. The summed E-state index contributed by atoms with van der Waals surface area (Å²) < 4.78 is 0. The van der Waals surface area contributed by atoms with Crippen LogP contribution >= 0.6 is 0 Å². The van der Waals surface area contributed by atoms with Gasteiger partial charge in [-0.2, -0.15) is 0 Å². The standard InChI is InChI=1S/C15H23NO/c1-13(17)15(2,3)12-16(4)11-10-14-8-6-5-7-9-14/h5-9H,10-12H2,1-4H3. The number of carbonyl (C=O) groups is 1. The number of hydrogen-bond donors (Lipinski definition) is 0. The zero-order valence-electron chi connectivity index (χ0n) is 11.4. The highest BCUT2D eigenvalue weighted by Gasteiger charge is 2.24. The monoisotopic (exact) mass is 233 g/mol. The van der Waals surface area contributed by atoms with E-state index in [1.54, 1.807) is 6.92 Å². The van der Waals surface area contributed by atoms with Crippen LogP contribution in [0.1, 0.15) is 26.3 Å². The summed E-state index contributed by atoms with van der Waals surface area (Å²) in [7, 11) is 2.08. The average Bonchev–Trinajstić information content (AvgIpc) is 2.27. The van der Waals surface area contributed by atoms with E-state index in [1.165, 1.54) is 5.56 Å². The number of likely N-dealkylation sites (N-methyl/N-ethyl adjacent to an activating group) is 1. The molecule has 0 unspecified atom stereocenters. The molecule has 0 aromatic heterocycles. The fraction of sp³-hybridized carbons (Fsp3) is 0.533. The van der Waals surface area contributed by atoms with Crippen molar-refractivity contribution in [1.29, 1.82) is 0 Å². The Morgan fingerprint density at radius 3 is 2.35 bits per heavy atom. The normalized spacial score (nSPS) is 11.8. The SMILES string of the molecule is CC(=O)C(C)(C)CN(C)CCc1ccccc1. The number of benzene rings is 1. The van der Waals surface area contributed by atoms with Gasteiger partial charge >= 0.3 is 0 Å². The van der Waals surface area contributed by atoms with Crippen LogP contribution in [0.3, 0.4) is 0 Å². The number of rotatable bonds is 6. The van der Waals surface area contributed by atoms with Crippen molar-refractivity contribution in [3.63, 3.8) is 0 Å². The fourth-order valence-corrected chi connectivity index (χ4v) is 1.83. The molecule has 94 valence electrons. The van der Waals surface area contributed by atoms with E-state index in [9.17, 15) is 4.79 Å². The lowest BCUT2D eigenvalue weighted by molar-refractivity contribution is -0.125. The molecule has 0 atom stereocenters. The van der Waals surface area contributed by atoms with Crippen LogP contribution in [0.4, 0.5) is 0 Å². The molecule has 0 aliphatic carbocycles. The number of carbonyl (C=O) groups excluding carboxylic acids is 1. The maximum atomic E-state index is 11.4. The van der Waals surface area contributed by atoms with Crippen LogP contribution in [0, 0.1) is 5.41 Å². The summed E-state index contributed by atoms with van der Waals surface area (Å²) in [5, 5.41) is 0. The molecule has 1 aromatic rings. The third-order valence-electron chi connectivity index (χ3n) is 3.24. The molecule has 0 aliphatic rings. The number of nitrogens with zero attached hydrogens (tertiary/aromatic N) is 1. The Kier molecular flexibility index (Phi) is 4.88. The molecule has 0 N–H and O–H groups in total. The van der Waals surface area contributed by atoms with Gasteiger partial charge in [0.1, 0.15) is 5.78 Å². The van der Waals surface area contributed by atoms with Crippen molar-refractivity contribution in [3.05, 3.63) is 35.9 Å². The molecule has 0 radical (unpaired) electrons. The zero-order chi connectivity index (χ0) is 12.9. The Balaban J connectivity index is 2.41. The second kappa shape index (κ2) is 5.97. The molecule has 1 rings (SSSR count). The van der Waals surface area contributed by atoms with Gasteiger partial charge in [-0.3, -0.25) is 4.79 Å². The third-order valence-corrected chi connectivity index (χ3v) is 3.24. The Hall–Kier alpha value is -1.15. The molecule has 17 heavy (non-hydrogen) atoms. The summed E-state index contributed by atoms with van der Waals surface area (Å²) in [4.78, 5) is 13.7. The lowest BCUT2D eigenvalue weighted by atomic mass is 9.88. The first kappa shape index (κ1) is 13.9. The van der Waals surface area contributed by atoms with Crippen LogP contribution in [-0.4, -0.2) is 30.8 Å². The van der Waals surface area contributed by atoms with Crippen LogP contribution in [0.2, 0.25) is 0 Å². The lowest BCUT2D eigenvalue weighted by Crippen LogP contribution is -2.37. The van der Waals surface area contributed by atoms with Gasteiger partial charge in [-0.15, -0.1) is 0 Å². The van der Waals surface area contributed by atoms with Gasteiger partial charge in [0.25, 0.3) is 0 Å². The summed E-state index contributed by atoms with van der Waals surface area (Å²) in [6, 6.07) is 10.4. The summed E-state index contributed by atoms with van der Waals surface area (Å²) in [6.45, 7) is 7.49. The van der Waals surface area contributed by atoms with Gasteiger partial charge in [-0.05, 0) is 26.0 Å². The van der Waals surface area contributed by atoms with Gasteiger partial charge in [-0.1, -0.05) is 44.2 Å². The Labute approximate surface area is 105 Å². The van der Waals surface area contributed by atoms with Crippen LogP contribution < -0.4 is 0 Å². The molecule has 0 heterocycles. The van der Waals surface area contributed by atoms with E-state index >= 15 is 0 Å². The first-order valence-corrected chi connectivity index (χ1v) is 6.15.